The van der Waals surface area contributed by atoms with Gasteiger partial charge in [0.15, 0.2) is 0 Å². The number of aryl methyl sites for hydroxylation is 1. The molecule has 0 fully saturated rings. The van der Waals surface area contributed by atoms with E-state index < -0.39 is 0 Å². The van der Waals surface area contributed by atoms with Crippen LogP contribution in [0.2, 0.25) is 0 Å². The first-order valence-electron chi connectivity index (χ1n) is 9.69. The quantitative estimate of drug-likeness (QED) is 0.558. The first kappa shape index (κ1) is 18.9. The average molecular weight is 362 g/mol. The van der Waals surface area contributed by atoms with Crippen molar-refractivity contribution in [1.29, 1.82) is 0 Å². The summed E-state index contributed by atoms with van der Waals surface area (Å²) in [6.07, 6.45) is 7.70. The molecule has 0 saturated heterocycles. The molecule has 0 atom stereocenters. The lowest BCUT2D eigenvalue weighted by molar-refractivity contribution is 0.102. The minimum atomic E-state index is -0.266. The van der Waals surface area contributed by atoms with Gasteiger partial charge in [0.25, 0.3) is 5.91 Å². The normalized spacial score (nSPS) is 10.9. The molecule has 0 unspecified atom stereocenters. The number of carbonyl (C=O) groups excluding carboxylic acids is 1. The van der Waals surface area contributed by atoms with Crippen LogP contribution < -0.4 is 10.7 Å². The highest BCUT2D eigenvalue weighted by molar-refractivity contribution is 6.04. The molecule has 0 bridgehead atoms. The average Bonchev–Trinajstić information content (AvgIpc) is 2.71. The Morgan fingerprint density at radius 3 is 2.41 bits per heavy atom. The number of carbonyl (C=O) groups is 1. The number of rotatable bonds is 8. The maximum atomic E-state index is 12.8. The molecule has 0 aliphatic rings. The van der Waals surface area contributed by atoms with Crippen molar-refractivity contribution in [2.24, 2.45) is 0 Å². The largest absolute Gasteiger partial charge is 0.345 e. The zero-order valence-electron chi connectivity index (χ0n) is 15.8. The molecule has 3 rings (SSSR count). The highest BCUT2D eigenvalue weighted by Crippen LogP contribution is 2.16. The van der Waals surface area contributed by atoms with Crippen LogP contribution in [-0.4, -0.2) is 10.5 Å². The van der Waals surface area contributed by atoms with Crippen molar-refractivity contribution in [3.05, 3.63) is 76.6 Å². The summed E-state index contributed by atoms with van der Waals surface area (Å²) in [6.45, 7) is 3.04. The van der Waals surface area contributed by atoms with E-state index in [1.807, 2.05) is 42.5 Å². The van der Waals surface area contributed by atoms with E-state index in [0.717, 1.165) is 18.5 Å². The molecule has 0 saturated carbocycles. The second-order valence-corrected chi connectivity index (χ2v) is 6.82. The molecule has 0 spiro atoms. The van der Waals surface area contributed by atoms with E-state index in [1.165, 1.54) is 25.7 Å². The van der Waals surface area contributed by atoms with E-state index in [2.05, 4.69) is 16.8 Å². The van der Waals surface area contributed by atoms with Crippen LogP contribution in [0.4, 0.5) is 5.69 Å². The second-order valence-electron chi connectivity index (χ2n) is 6.82. The van der Waals surface area contributed by atoms with E-state index in [4.69, 9.17) is 0 Å². The Labute approximate surface area is 159 Å². The molecular weight excluding hydrogens is 336 g/mol. The summed E-state index contributed by atoms with van der Waals surface area (Å²) in [4.78, 5) is 25.3. The van der Waals surface area contributed by atoms with Gasteiger partial charge in [0.2, 0.25) is 5.43 Å². The minimum Gasteiger partial charge on any atom is -0.345 e. The lowest BCUT2D eigenvalue weighted by atomic mass is 10.1. The number of amides is 1. The van der Waals surface area contributed by atoms with Crippen molar-refractivity contribution in [1.82, 2.24) is 4.57 Å². The van der Waals surface area contributed by atoms with Crippen LogP contribution >= 0.6 is 0 Å². The van der Waals surface area contributed by atoms with E-state index in [0.29, 0.717) is 16.6 Å². The molecule has 0 radical (unpaired) electrons. The number of benzene rings is 2. The summed E-state index contributed by atoms with van der Waals surface area (Å²) in [5.41, 5.74) is 1.64. The Morgan fingerprint density at radius 2 is 1.63 bits per heavy atom. The number of nitrogens with one attached hydrogen (secondary N) is 1. The van der Waals surface area contributed by atoms with Gasteiger partial charge in [-0.2, -0.15) is 0 Å². The lowest BCUT2D eigenvalue weighted by Crippen LogP contribution is -2.20. The number of unbranched alkanes of at least 4 members (excludes halogenated alkanes) is 4. The molecule has 1 amide bonds. The Balaban J connectivity index is 1.87. The fourth-order valence-electron chi connectivity index (χ4n) is 3.29. The van der Waals surface area contributed by atoms with Crippen LogP contribution in [0.15, 0.2) is 65.6 Å². The monoisotopic (exact) mass is 362 g/mol. The van der Waals surface area contributed by atoms with Crippen molar-refractivity contribution < 1.29 is 4.79 Å². The fourth-order valence-corrected chi connectivity index (χ4v) is 3.29. The molecule has 0 aliphatic heterocycles. The number of nitrogens with zero attached hydrogens (tertiary/aromatic N) is 1. The Morgan fingerprint density at radius 1 is 0.926 bits per heavy atom. The maximum absolute atomic E-state index is 12.8. The van der Waals surface area contributed by atoms with E-state index in [1.54, 1.807) is 18.3 Å². The molecule has 4 heteroatoms. The van der Waals surface area contributed by atoms with Crippen molar-refractivity contribution >= 4 is 22.5 Å². The molecular formula is C23H26N2O2. The Hall–Kier alpha value is -2.88. The maximum Gasteiger partial charge on any atom is 0.255 e. The topological polar surface area (TPSA) is 51.1 Å². The van der Waals surface area contributed by atoms with Gasteiger partial charge >= 0.3 is 0 Å². The first-order valence-corrected chi connectivity index (χ1v) is 9.69. The molecule has 1 N–H and O–H groups in total. The Kier molecular flexibility index (Phi) is 6.42. The third kappa shape index (κ3) is 4.64. The van der Waals surface area contributed by atoms with Gasteiger partial charge in [-0.3, -0.25) is 9.59 Å². The van der Waals surface area contributed by atoms with Gasteiger partial charge in [-0.25, -0.2) is 0 Å². The zero-order valence-corrected chi connectivity index (χ0v) is 15.8. The van der Waals surface area contributed by atoms with Gasteiger partial charge in [0, 0.05) is 23.7 Å². The van der Waals surface area contributed by atoms with Gasteiger partial charge in [-0.15, -0.1) is 0 Å². The summed E-state index contributed by atoms with van der Waals surface area (Å²) < 4.78 is 2.09. The predicted molar refractivity (Wildman–Crippen MR) is 111 cm³/mol. The third-order valence-corrected chi connectivity index (χ3v) is 4.77. The lowest BCUT2D eigenvalue weighted by Gasteiger charge is -2.14. The fraction of sp³-hybridized carbons (Fsp3) is 0.304. The highest BCUT2D eigenvalue weighted by atomic mass is 16.2. The zero-order chi connectivity index (χ0) is 19.1. The summed E-state index contributed by atoms with van der Waals surface area (Å²) in [7, 11) is 0. The van der Waals surface area contributed by atoms with E-state index in [9.17, 15) is 9.59 Å². The number of hydrogen-bond acceptors (Lipinski definition) is 2. The third-order valence-electron chi connectivity index (χ3n) is 4.77. The molecule has 1 heterocycles. The smallest absolute Gasteiger partial charge is 0.255 e. The van der Waals surface area contributed by atoms with Crippen molar-refractivity contribution in [2.45, 2.75) is 45.6 Å². The van der Waals surface area contributed by atoms with Gasteiger partial charge in [0.05, 0.1) is 5.52 Å². The number of aromatic nitrogens is 1. The number of anilines is 1. The minimum absolute atomic E-state index is 0.142. The molecule has 3 aromatic rings. The molecule has 140 valence electrons. The number of pyridine rings is 1. The van der Waals surface area contributed by atoms with Gasteiger partial charge in [0.1, 0.15) is 5.69 Å². The van der Waals surface area contributed by atoms with Crippen molar-refractivity contribution in [3.8, 4) is 0 Å². The van der Waals surface area contributed by atoms with Gasteiger partial charge in [-0.1, -0.05) is 62.9 Å². The van der Waals surface area contributed by atoms with Crippen molar-refractivity contribution in [2.75, 3.05) is 5.32 Å². The van der Waals surface area contributed by atoms with Gasteiger partial charge in [-0.05, 0) is 30.7 Å². The Bertz CT molecular complexity index is 961. The second kappa shape index (κ2) is 9.17. The SMILES string of the molecule is CCCCCCCn1cc(NC(=O)c2ccccc2)c(=O)c2ccccc21. The number of para-hydroxylation sites is 1. The summed E-state index contributed by atoms with van der Waals surface area (Å²) in [5.74, 6) is -0.266. The summed E-state index contributed by atoms with van der Waals surface area (Å²) in [5, 5.41) is 3.43. The van der Waals surface area contributed by atoms with Crippen LogP contribution in [0, 0.1) is 0 Å². The molecule has 0 aliphatic carbocycles. The number of hydrogen-bond donors (Lipinski definition) is 1. The number of fused-ring (bicyclic) bond motifs is 1. The van der Waals surface area contributed by atoms with Crippen molar-refractivity contribution in [3.63, 3.8) is 0 Å². The molecule has 4 nitrogen and oxygen atoms in total. The molecule has 27 heavy (non-hydrogen) atoms. The summed E-state index contributed by atoms with van der Waals surface area (Å²) in [6, 6.07) is 16.5. The van der Waals surface area contributed by atoms with Gasteiger partial charge < -0.3 is 9.88 Å². The van der Waals surface area contributed by atoms with Crippen LogP contribution in [0.1, 0.15) is 49.4 Å². The van der Waals surface area contributed by atoms with E-state index in [-0.39, 0.29) is 11.3 Å². The van der Waals surface area contributed by atoms with Crippen LogP contribution in [0.3, 0.4) is 0 Å². The van der Waals surface area contributed by atoms with Crippen LogP contribution in [0.5, 0.6) is 0 Å². The first-order chi connectivity index (χ1) is 13.2. The van der Waals surface area contributed by atoms with Crippen LogP contribution in [-0.2, 0) is 6.54 Å². The standard InChI is InChI=1S/C23H26N2O2/c1-2-3-4-5-11-16-25-17-20(22(26)19-14-9-10-15-21(19)25)24-23(27)18-12-7-6-8-13-18/h6-10,12-15,17H,2-5,11,16H2,1H3,(H,24,27). The highest BCUT2D eigenvalue weighted by Gasteiger charge is 2.12. The van der Waals surface area contributed by atoms with E-state index >= 15 is 0 Å². The summed E-state index contributed by atoms with van der Waals surface area (Å²) >= 11 is 0. The molecule has 2 aromatic carbocycles. The predicted octanol–water partition coefficient (Wildman–Crippen LogP) is 5.22. The molecule has 1 aromatic heterocycles. The van der Waals surface area contributed by atoms with Crippen LogP contribution in [0.25, 0.3) is 10.9 Å².